The Hall–Kier alpha value is -2.24. The van der Waals surface area contributed by atoms with E-state index in [0.29, 0.717) is 11.0 Å². The first-order chi connectivity index (χ1) is 9.06. The fraction of sp³-hybridized carbons (Fsp3) is 0.385. The van der Waals surface area contributed by atoms with Crippen LogP contribution in [0.15, 0.2) is 23.3 Å². The molecular formula is C13H15N3O3. The Labute approximate surface area is 110 Å². The molecule has 0 aliphatic heterocycles. The third-order valence-corrected chi connectivity index (χ3v) is 2.75. The summed E-state index contributed by atoms with van der Waals surface area (Å²) in [4.78, 5) is 24.1. The Balaban J connectivity index is 2.77. The number of pyridine rings is 1. The summed E-state index contributed by atoms with van der Waals surface area (Å²) in [5, 5.41) is 8.12. The van der Waals surface area contributed by atoms with E-state index in [9.17, 15) is 9.59 Å². The Morgan fingerprint density at radius 3 is 2.84 bits per heavy atom. The molecule has 100 valence electrons. The second-order valence-corrected chi connectivity index (χ2v) is 4.36. The average Bonchev–Trinajstić information content (AvgIpc) is 2.39. The number of aromatic nitrogens is 3. The minimum absolute atomic E-state index is 0.0241. The van der Waals surface area contributed by atoms with E-state index >= 15 is 0 Å². The minimum atomic E-state index is -0.611. The maximum atomic E-state index is 12.2. The van der Waals surface area contributed by atoms with Gasteiger partial charge in [0.25, 0.3) is 0 Å². The highest BCUT2D eigenvalue weighted by Gasteiger charge is 2.18. The van der Waals surface area contributed by atoms with Gasteiger partial charge in [0.15, 0.2) is 5.65 Å². The zero-order chi connectivity index (χ0) is 14.0. The molecule has 0 unspecified atom stereocenters. The van der Waals surface area contributed by atoms with Crippen molar-refractivity contribution in [1.82, 2.24) is 14.8 Å². The molecule has 2 aromatic heterocycles. The van der Waals surface area contributed by atoms with Crippen molar-refractivity contribution in [1.29, 1.82) is 0 Å². The smallest absolute Gasteiger partial charge is 0.343 e. The Morgan fingerprint density at radius 1 is 1.47 bits per heavy atom. The molecule has 0 fully saturated rings. The number of hydrogen-bond acceptors (Lipinski definition) is 5. The van der Waals surface area contributed by atoms with Crippen LogP contribution in [0.2, 0.25) is 0 Å². The summed E-state index contributed by atoms with van der Waals surface area (Å²) < 4.78 is 6.65. The molecule has 0 aliphatic rings. The van der Waals surface area contributed by atoms with Gasteiger partial charge in [-0.25, -0.2) is 4.79 Å². The van der Waals surface area contributed by atoms with Crippen molar-refractivity contribution in [3.8, 4) is 0 Å². The average molecular weight is 261 g/mol. The van der Waals surface area contributed by atoms with Crippen LogP contribution < -0.4 is 5.43 Å². The topological polar surface area (TPSA) is 74.1 Å². The zero-order valence-corrected chi connectivity index (χ0v) is 11.1. The van der Waals surface area contributed by atoms with Crippen molar-refractivity contribution in [2.24, 2.45) is 0 Å². The molecule has 0 aliphatic carbocycles. The second-order valence-electron chi connectivity index (χ2n) is 4.36. The number of hydrogen-bond donors (Lipinski definition) is 0. The van der Waals surface area contributed by atoms with Gasteiger partial charge in [-0.1, -0.05) is 0 Å². The van der Waals surface area contributed by atoms with Crippen LogP contribution >= 0.6 is 0 Å². The van der Waals surface area contributed by atoms with Gasteiger partial charge in [0, 0.05) is 12.2 Å². The van der Waals surface area contributed by atoms with E-state index in [0.717, 1.165) is 0 Å². The lowest BCUT2D eigenvalue weighted by atomic mass is 10.2. The van der Waals surface area contributed by atoms with E-state index in [4.69, 9.17) is 4.74 Å². The molecule has 2 aromatic rings. The van der Waals surface area contributed by atoms with E-state index in [1.165, 1.54) is 12.4 Å². The van der Waals surface area contributed by atoms with Crippen molar-refractivity contribution in [3.63, 3.8) is 0 Å². The number of ether oxygens (including phenoxy) is 1. The van der Waals surface area contributed by atoms with Gasteiger partial charge in [-0.15, -0.1) is 5.10 Å². The molecule has 6 heteroatoms. The predicted octanol–water partition coefficient (Wildman–Crippen LogP) is 1.55. The van der Waals surface area contributed by atoms with Crippen LogP contribution in [0.5, 0.6) is 0 Å². The summed E-state index contributed by atoms with van der Waals surface area (Å²) in [5.74, 6) is -0.611. The second kappa shape index (κ2) is 5.17. The molecule has 0 saturated carbocycles. The van der Waals surface area contributed by atoms with Crippen LogP contribution in [0, 0.1) is 0 Å². The minimum Gasteiger partial charge on any atom is -0.462 e. The number of carbonyl (C=O) groups is 1. The highest BCUT2D eigenvalue weighted by molar-refractivity contribution is 5.92. The molecule has 2 heterocycles. The van der Waals surface area contributed by atoms with Gasteiger partial charge in [-0.05, 0) is 26.8 Å². The third-order valence-electron chi connectivity index (χ3n) is 2.75. The van der Waals surface area contributed by atoms with Crippen molar-refractivity contribution in [3.05, 3.63) is 34.2 Å². The standard InChI is InChI=1S/C13H15N3O3/c1-4-19-13(18)10-7-16(8(2)3)12-9(11(10)17)5-6-14-15-12/h5-8H,4H2,1-3H3. The molecule has 0 bridgehead atoms. The SMILES string of the molecule is CCOC(=O)c1cn(C(C)C)c2nnccc2c1=O. The largest absolute Gasteiger partial charge is 0.462 e. The molecule has 0 spiro atoms. The first-order valence-corrected chi connectivity index (χ1v) is 6.10. The van der Waals surface area contributed by atoms with E-state index in [-0.39, 0.29) is 23.6 Å². The highest BCUT2D eigenvalue weighted by atomic mass is 16.5. The lowest BCUT2D eigenvalue weighted by molar-refractivity contribution is 0.0524. The van der Waals surface area contributed by atoms with Crippen molar-refractivity contribution in [2.45, 2.75) is 26.8 Å². The van der Waals surface area contributed by atoms with E-state index in [2.05, 4.69) is 10.2 Å². The van der Waals surface area contributed by atoms with Gasteiger partial charge in [-0.2, -0.15) is 5.10 Å². The summed E-state index contributed by atoms with van der Waals surface area (Å²) >= 11 is 0. The van der Waals surface area contributed by atoms with E-state index in [1.807, 2.05) is 13.8 Å². The molecular weight excluding hydrogens is 246 g/mol. The lowest BCUT2D eigenvalue weighted by Gasteiger charge is -2.14. The summed E-state index contributed by atoms with van der Waals surface area (Å²) in [7, 11) is 0. The number of carbonyl (C=O) groups excluding carboxylic acids is 1. The van der Waals surface area contributed by atoms with Gasteiger partial charge in [0.2, 0.25) is 5.43 Å². The summed E-state index contributed by atoms with van der Waals surface area (Å²) in [6.07, 6.45) is 2.92. The highest BCUT2D eigenvalue weighted by Crippen LogP contribution is 2.14. The molecule has 0 atom stereocenters. The normalized spacial score (nSPS) is 10.9. The van der Waals surface area contributed by atoms with Gasteiger partial charge >= 0.3 is 5.97 Å². The quantitative estimate of drug-likeness (QED) is 0.784. The number of fused-ring (bicyclic) bond motifs is 1. The molecule has 6 nitrogen and oxygen atoms in total. The van der Waals surface area contributed by atoms with Crippen molar-refractivity contribution >= 4 is 17.0 Å². The van der Waals surface area contributed by atoms with Crippen LogP contribution in [0.4, 0.5) is 0 Å². The van der Waals surface area contributed by atoms with Crippen LogP contribution in [-0.4, -0.2) is 27.3 Å². The predicted molar refractivity (Wildman–Crippen MR) is 70.1 cm³/mol. The number of rotatable bonds is 3. The monoisotopic (exact) mass is 261 g/mol. The van der Waals surface area contributed by atoms with Gasteiger partial charge in [0.1, 0.15) is 5.56 Å². The summed E-state index contributed by atoms with van der Waals surface area (Å²) in [5.41, 5.74) is 0.117. The van der Waals surface area contributed by atoms with Crippen molar-refractivity contribution in [2.75, 3.05) is 6.61 Å². The van der Waals surface area contributed by atoms with Crippen LogP contribution in [0.1, 0.15) is 37.2 Å². The maximum absolute atomic E-state index is 12.2. The molecule has 19 heavy (non-hydrogen) atoms. The number of esters is 1. The third kappa shape index (κ3) is 2.33. The molecule has 0 saturated heterocycles. The molecule has 0 aromatic carbocycles. The lowest BCUT2D eigenvalue weighted by Crippen LogP contribution is -2.22. The van der Waals surface area contributed by atoms with E-state index < -0.39 is 5.97 Å². The Kier molecular flexibility index (Phi) is 3.59. The number of nitrogens with zero attached hydrogens (tertiary/aromatic N) is 3. The van der Waals surface area contributed by atoms with Gasteiger partial charge in [0.05, 0.1) is 18.2 Å². The van der Waals surface area contributed by atoms with Crippen LogP contribution in [0.25, 0.3) is 11.0 Å². The molecule has 0 N–H and O–H groups in total. The zero-order valence-electron chi connectivity index (χ0n) is 11.1. The molecule has 0 amide bonds. The summed E-state index contributed by atoms with van der Waals surface area (Å²) in [6.45, 7) is 5.80. The molecule has 2 rings (SSSR count). The first-order valence-electron chi connectivity index (χ1n) is 6.10. The Morgan fingerprint density at radius 2 is 2.21 bits per heavy atom. The Bertz CT molecular complexity index is 676. The summed E-state index contributed by atoms with van der Waals surface area (Å²) in [6, 6.07) is 1.61. The fourth-order valence-corrected chi connectivity index (χ4v) is 1.84. The van der Waals surface area contributed by atoms with Crippen LogP contribution in [0.3, 0.4) is 0 Å². The molecule has 0 radical (unpaired) electrons. The fourth-order valence-electron chi connectivity index (χ4n) is 1.84. The van der Waals surface area contributed by atoms with Crippen molar-refractivity contribution < 1.29 is 9.53 Å². The van der Waals surface area contributed by atoms with Crippen LogP contribution in [-0.2, 0) is 4.74 Å². The maximum Gasteiger partial charge on any atom is 0.343 e. The van der Waals surface area contributed by atoms with Gasteiger partial charge in [-0.3, -0.25) is 4.79 Å². The van der Waals surface area contributed by atoms with E-state index in [1.54, 1.807) is 17.6 Å². The first kappa shape index (κ1) is 13.2. The van der Waals surface area contributed by atoms with Gasteiger partial charge < -0.3 is 9.30 Å².